The van der Waals surface area contributed by atoms with Crippen LogP contribution in [-0.4, -0.2) is 90.9 Å². The normalized spacial score (nSPS) is 16.0. The lowest BCUT2D eigenvalue weighted by molar-refractivity contribution is 0.00989. The molecule has 1 heterocycles. The van der Waals surface area contributed by atoms with Crippen molar-refractivity contribution >= 4 is 29.9 Å². The molecule has 1 rings (SSSR count). The SMILES string of the molecule is CN=C(NCCCOCCOC)N1CCC(OCCCOC)CC1.I. The molecule has 0 amide bonds. The molecular weight excluding hydrogens is 437 g/mol. The average molecular weight is 473 g/mol. The van der Waals surface area contributed by atoms with Crippen molar-refractivity contribution in [1.29, 1.82) is 0 Å². The molecule has 0 saturated carbocycles. The minimum Gasteiger partial charge on any atom is -0.385 e. The fraction of sp³-hybridized carbons (Fsp3) is 0.941. The number of nitrogens with one attached hydrogen (secondary N) is 1. The summed E-state index contributed by atoms with van der Waals surface area (Å²) < 4.78 is 21.3. The minimum atomic E-state index is 0. The van der Waals surface area contributed by atoms with E-state index in [0.717, 1.165) is 71.1 Å². The van der Waals surface area contributed by atoms with Crippen molar-refractivity contribution in [2.45, 2.75) is 31.8 Å². The van der Waals surface area contributed by atoms with Crippen LogP contribution in [0.15, 0.2) is 4.99 Å². The zero-order valence-electron chi connectivity index (χ0n) is 16.0. The van der Waals surface area contributed by atoms with Crippen molar-refractivity contribution in [3.63, 3.8) is 0 Å². The second kappa shape index (κ2) is 17.3. The van der Waals surface area contributed by atoms with Gasteiger partial charge in [-0.2, -0.15) is 0 Å². The van der Waals surface area contributed by atoms with Crippen LogP contribution in [0.1, 0.15) is 25.7 Å². The number of guanidine groups is 1. The quantitative estimate of drug-likeness (QED) is 0.202. The van der Waals surface area contributed by atoms with Crippen LogP contribution in [0, 0.1) is 0 Å². The maximum Gasteiger partial charge on any atom is 0.193 e. The second-order valence-corrected chi connectivity index (χ2v) is 5.84. The summed E-state index contributed by atoms with van der Waals surface area (Å²) in [5, 5.41) is 3.41. The molecule has 0 atom stereocenters. The van der Waals surface area contributed by atoms with Crippen molar-refractivity contribution in [2.75, 3.05) is 73.9 Å². The molecule has 0 radical (unpaired) electrons. The van der Waals surface area contributed by atoms with Gasteiger partial charge in [0, 0.05) is 60.7 Å². The molecule has 8 heteroatoms. The zero-order valence-corrected chi connectivity index (χ0v) is 18.3. The van der Waals surface area contributed by atoms with Crippen molar-refractivity contribution in [3.8, 4) is 0 Å². The van der Waals surface area contributed by atoms with Gasteiger partial charge in [0.25, 0.3) is 0 Å². The highest BCUT2D eigenvalue weighted by Gasteiger charge is 2.21. The van der Waals surface area contributed by atoms with Crippen LogP contribution in [0.2, 0.25) is 0 Å². The van der Waals surface area contributed by atoms with E-state index >= 15 is 0 Å². The molecule has 1 saturated heterocycles. The average Bonchev–Trinajstić information content (AvgIpc) is 2.62. The molecule has 25 heavy (non-hydrogen) atoms. The lowest BCUT2D eigenvalue weighted by atomic mass is 10.1. The summed E-state index contributed by atoms with van der Waals surface area (Å²) in [6, 6.07) is 0. The number of ether oxygens (including phenoxy) is 4. The number of nitrogens with zero attached hydrogens (tertiary/aromatic N) is 2. The highest BCUT2D eigenvalue weighted by Crippen LogP contribution is 2.14. The fourth-order valence-corrected chi connectivity index (χ4v) is 2.64. The number of likely N-dealkylation sites (tertiary alicyclic amines) is 1. The molecule has 1 aliphatic heterocycles. The van der Waals surface area contributed by atoms with E-state index in [1.807, 2.05) is 7.05 Å². The largest absolute Gasteiger partial charge is 0.385 e. The molecule has 0 aliphatic carbocycles. The van der Waals surface area contributed by atoms with Crippen LogP contribution in [-0.2, 0) is 18.9 Å². The third-order valence-electron chi connectivity index (χ3n) is 3.98. The summed E-state index contributed by atoms with van der Waals surface area (Å²) in [6.07, 6.45) is 4.39. The van der Waals surface area contributed by atoms with Crippen LogP contribution in [0.3, 0.4) is 0 Å². The van der Waals surface area contributed by atoms with Gasteiger partial charge >= 0.3 is 0 Å². The van der Waals surface area contributed by atoms with E-state index in [1.54, 1.807) is 14.2 Å². The summed E-state index contributed by atoms with van der Waals surface area (Å²) in [4.78, 5) is 6.69. The Morgan fingerprint density at radius 1 is 1.00 bits per heavy atom. The highest BCUT2D eigenvalue weighted by atomic mass is 127. The lowest BCUT2D eigenvalue weighted by Crippen LogP contribution is -2.47. The monoisotopic (exact) mass is 473 g/mol. The van der Waals surface area contributed by atoms with Gasteiger partial charge in [-0.05, 0) is 25.7 Å². The molecule has 0 unspecified atom stereocenters. The number of aliphatic imine (C=N–C) groups is 1. The van der Waals surface area contributed by atoms with Crippen molar-refractivity contribution < 1.29 is 18.9 Å². The van der Waals surface area contributed by atoms with Gasteiger partial charge in [-0.15, -0.1) is 24.0 Å². The molecule has 1 N–H and O–H groups in total. The predicted molar refractivity (Wildman–Crippen MR) is 111 cm³/mol. The standard InChI is InChI=1S/C17H35N3O4.HI/c1-18-17(19-8-4-12-23-15-14-22-3)20-9-6-16(7-10-20)24-13-5-11-21-2;/h16H,4-15H2,1-3H3,(H,18,19);1H. The molecule has 150 valence electrons. The maximum atomic E-state index is 5.90. The van der Waals surface area contributed by atoms with E-state index in [-0.39, 0.29) is 24.0 Å². The Hall–Kier alpha value is -0.160. The van der Waals surface area contributed by atoms with Crippen molar-refractivity contribution in [3.05, 3.63) is 0 Å². The molecular formula is C17H36IN3O4. The first-order valence-corrected chi connectivity index (χ1v) is 8.94. The van der Waals surface area contributed by atoms with E-state index in [0.29, 0.717) is 19.3 Å². The van der Waals surface area contributed by atoms with Gasteiger partial charge in [-0.3, -0.25) is 4.99 Å². The van der Waals surface area contributed by atoms with Gasteiger partial charge in [0.05, 0.1) is 19.3 Å². The number of hydrogen-bond donors (Lipinski definition) is 1. The first kappa shape index (κ1) is 24.8. The summed E-state index contributed by atoms with van der Waals surface area (Å²) >= 11 is 0. The fourth-order valence-electron chi connectivity index (χ4n) is 2.64. The van der Waals surface area contributed by atoms with Gasteiger partial charge in [0.2, 0.25) is 0 Å². The zero-order chi connectivity index (χ0) is 17.5. The Balaban J connectivity index is 0.00000576. The van der Waals surface area contributed by atoms with E-state index in [9.17, 15) is 0 Å². The minimum absolute atomic E-state index is 0. The van der Waals surface area contributed by atoms with Gasteiger partial charge in [0.15, 0.2) is 5.96 Å². The van der Waals surface area contributed by atoms with E-state index in [2.05, 4.69) is 15.2 Å². The van der Waals surface area contributed by atoms with Crippen LogP contribution >= 0.6 is 24.0 Å². The Morgan fingerprint density at radius 2 is 1.72 bits per heavy atom. The maximum absolute atomic E-state index is 5.90. The molecule has 0 aromatic rings. The third-order valence-corrected chi connectivity index (χ3v) is 3.98. The Bertz CT molecular complexity index is 327. The first-order chi connectivity index (χ1) is 11.8. The number of halogens is 1. The predicted octanol–water partition coefficient (Wildman–Crippen LogP) is 1.75. The van der Waals surface area contributed by atoms with Gasteiger partial charge < -0.3 is 29.2 Å². The number of piperidine rings is 1. The molecule has 7 nitrogen and oxygen atoms in total. The van der Waals surface area contributed by atoms with E-state index in [4.69, 9.17) is 18.9 Å². The summed E-state index contributed by atoms with van der Waals surface area (Å²) in [5.74, 6) is 0.977. The molecule has 0 spiro atoms. The number of hydrogen-bond acceptors (Lipinski definition) is 5. The third kappa shape index (κ3) is 12.0. The van der Waals surface area contributed by atoms with Crippen molar-refractivity contribution in [1.82, 2.24) is 10.2 Å². The van der Waals surface area contributed by atoms with Gasteiger partial charge in [-0.1, -0.05) is 0 Å². The summed E-state index contributed by atoms with van der Waals surface area (Å²) in [5.41, 5.74) is 0. The van der Waals surface area contributed by atoms with Gasteiger partial charge in [-0.25, -0.2) is 0 Å². The number of rotatable bonds is 12. The van der Waals surface area contributed by atoms with Crippen molar-refractivity contribution in [2.24, 2.45) is 4.99 Å². The van der Waals surface area contributed by atoms with Gasteiger partial charge in [0.1, 0.15) is 0 Å². The molecule has 0 aromatic heterocycles. The first-order valence-electron chi connectivity index (χ1n) is 8.94. The van der Waals surface area contributed by atoms with Crippen LogP contribution in [0.25, 0.3) is 0 Å². The number of methoxy groups -OCH3 is 2. The topological polar surface area (TPSA) is 64.6 Å². The molecule has 1 aliphatic rings. The van der Waals surface area contributed by atoms with Crippen LogP contribution in [0.4, 0.5) is 0 Å². The summed E-state index contributed by atoms with van der Waals surface area (Å²) in [7, 11) is 5.25. The smallest absolute Gasteiger partial charge is 0.193 e. The Morgan fingerprint density at radius 3 is 2.36 bits per heavy atom. The molecule has 1 fully saturated rings. The highest BCUT2D eigenvalue weighted by molar-refractivity contribution is 14.0. The second-order valence-electron chi connectivity index (χ2n) is 5.84. The van der Waals surface area contributed by atoms with E-state index in [1.165, 1.54) is 0 Å². The molecule has 0 bridgehead atoms. The molecule has 0 aromatic carbocycles. The van der Waals surface area contributed by atoms with E-state index < -0.39 is 0 Å². The van der Waals surface area contributed by atoms with Crippen LogP contribution < -0.4 is 5.32 Å². The van der Waals surface area contributed by atoms with Crippen LogP contribution in [0.5, 0.6) is 0 Å². The Labute approximate surface area is 169 Å². The summed E-state index contributed by atoms with van der Waals surface area (Å²) in [6.45, 7) is 6.44. The lowest BCUT2D eigenvalue weighted by Gasteiger charge is -2.34. The Kier molecular flexibility index (Phi) is 17.2.